The topological polar surface area (TPSA) is 73.0 Å². The molecule has 0 radical (unpaired) electrons. The van der Waals surface area contributed by atoms with Crippen LogP contribution in [-0.2, 0) is 31.6 Å². The third kappa shape index (κ3) is 7.61. The predicted octanol–water partition coefficient (Wildman–Crippen LogP) is 8.13. The summed E-state index contributed by atoms with van der Waals surface area (Å²) >= 11 is 13.1. The van der Waals surface area contributed by atoms with Crippen LogP contribution >= 0.6 is 23.2 Å². The number of halogens is 2. The van der Waals surface area contributed by atoms with Crippen molar-refractivity contribution in [3.05, 3.63) is 141 Å². The number of fused-ring (bicyclic) bond motifs is 2. The fourth-order valence-electron chi connectivity index (χ4n) is 7.85. The molecule has 0 saturated carbocycles. The molecule has 2 heterocycles. The Balaban J connectivity index is 1.33. The van der Waals surface area contributed by atoms with Gasteiger partial charge in [0.05, 0.1) is 26.4 Å². The molecule has 4 aromatic rings. The lowest BCUT2D eigenvalue weighted by Gasteiger charge is -2.47. The second-order valence-electron chi connectivity index (χ2n) is 13.8. The molecule has 7 nitrogen and oxygen atoms in total. The van der Waals surface area contributed by atoms with Gasteiger partial charge >= 0.3 is 6.03 Å². The van der Waals surface area contributed by atoms with E-state index in [1.54, 1.807) is 30.0 Å². The van der Waals surface area contributed by atoms with Crippen molar-refractivity contribution in [3.63, 3.8) is 0 Å². The van der Waals surface area contributed by atoms with Gasteiger partial charge < -0.3 is 20.0 Å². The molecule has 4 aromatic carbocycles. The van der Waals surface area contributed by atoms with E-state index in [0.717, 1.165) is 42.6 Å². The number of hydrogen-bond acceptors (Lipinski definition) is 4. The molecule has 2 unspecified atom stereocenters. The molecule has 1 fully saturated rings. The number of likely N-dealkylation sites (N-methyl/N-ethyl adjacent to an activating group) is 2. The maximum Gasteiger partial charge on any atom is 0.318 e. The molecule has 2 aliphatic heterocycles. The molecule has 0 aromatic heterocycles. The zero-order valence-electron chi connectivity index (χ0n) is 29.5. The Morgan fingerprint density at radius 1 is 0.882 bits per heavy atom. The normalized spacial score (nSPS) is 17.9. The number of likely N-dealkylation sites (tertiary alicyclic amines) is 1. The minimum Gasteiger partial charge on any atom is -0.343 e. The van der Waals surface area contributed by atoms with Crippen LogP contribution in [0.2, 0.25) is 10.0 Å². The van der Waals surface area contributed by atoms with E-state index in [1.807, 2.05) is 85.8 Å². The van der Waals surface area contributed by atoms with Crippen molar-refractivity contribution in [1.82, 2.24) is 20.0 Å². The van der Waals surface area contributed by atoms with Gasteiger partial charge in [0.2, 0.25) is 5.91 Å². The number of rotatable bonds is 11. The van der Waals surface area contributed by atoms with Crippen molar-refractivity contribution < 1.29 is 13.8 Å². The van der Waals surface area contributed by atoms with E-state index >= 15 is 0 Å². The molecular weight excluding hydrogens is 699 g/mol. The lowest BCUT2D eigenvalue weighted by Crippen LogP contribution is -2.58. The minimum absolute atomic E-state index is 0.0259. The Bertz CT molecular complexity index is 1830. The highest BCUT2D eigenvalue weighted by Gasteiger charge is 2.48. The number of amides is 3. The zero-order valence-corrected chi connectivity index (χ0v) is 31.8. The van der Waals surface area contributed by atoms with Crippen LogP contribution in [0.1, 0.15) is 66.5 Å². The first-order chi connectivity index (χ1) is 24.6. The number of urea groups is 1. The Labute approximate surface area is 314 Å². The first kappa shape index (κ1) is 37.1. The van der Waals surface area contributed by atoms with Crippen LogP contribution in [0, 0.1) is 0 Å². The van der Waals surface area contributed by atoms with Gasteiger partial charge in [0.25, 0.3) is 0 Å². The van der Waals surface area contributed by atoms with Gasteiger partial charge in [0.15, 0.2) is 0 Å². The molecule has 6 rings (SSSR count). The smallest absolute Gasteiger partial charge is 0.318 e. The van der Waals surface area contributed by atoms with E-state index in [4.69, 9.17) is 23.2 Å². The van der Waals surface area contributed by atoms with Crippen molar-refractivity contribution in [2.45, 2.75) is 54.7 Å². The van der Waals surface area contributed by atoms with Gasteiger partial charge in [-0.15, -0.1) is 0 Å². The Kier molecular flexibility index (Phi) is 11.6. The predicted molar refractivity (Wildman–Crippen MR) is 207 cm³/mol. The third-order valence-corrected chi connectivity index (χ3v) is 13.7. The number of carbonyl (C=O) groups excluding carboxylic acids is 2. The fraction of sp³-hybridized carbons (Fsp3) is 0.366. The van der Waals surface area contributed by atoms with Gasteiger partial charge in [-0.2, -0.15) is 0 Å². The van der Waals surface area contributed by atoms with Crippen LogP contribution in [0.3, 0.4) is 0 Å². The highest BCUT2D eigenvalue weighted by molar-refractivity contribution is 7.85. The molecule has 1 N–H and O–H groups in total. The molecule has 1 spiro atoms. The summed E-state index contributed by atoms with van der Waals surface area (Å²) in [6.07, 6.45) is 2.46. The van der Waals surface area contributed by atoms with Gasteiger partial charge in [0, 0.05) is 50.2 Å². The first-order valence-corrected chi connectivity index (χ1v) is 19.7. The molecule has 2 atom stereocenters. The summed E-state index contributed by atoms with van der Waals surface area (Å²) in [6, 6.07) is 33.0. The van der Waals surface area contributed by atoms with Gasteiger partial charge in [-0.3, -0.25) is 9.00 Å². The van der Waals surface area contributed by atoms with E-state index in [1.165, 1.54) is 11.1 Å². The van der Waals surface area contributed by atoms with E-state index in [9.17, 15) is 13.8 Å². The molecule has 10 heteroatoms. The number of carbonyl (C=O) groups is 2. The van der Waals surface area contributed by atoms with E-state index in [-0.39, 0.29) is 23.2 Å². The number of benzene rings is 4. The first-order valence-electron chi connectivity index (χ1n) is 17.6. The number of piperidine rings is 1. The third-order valence-electron chi connectivity index (χ3n) is 10.9. The van der Waals surface area contributed by atoms with E-state index < -0.39 is 22.4 Å². The summed E-state index contributed by atoms with van der Waals surface area (Å²) in [5, 5.41) is 4.12. The van der Waals surface area contributed by atoms with Crippen molar-refractivity contribution >= 4 is 45.9 Å². The molecule has 2 aliphatic rings. The van der Waals surface area contributed by atoms with E-state index in [0.29, 0.717) is 35.2 Å². The minimum atomic E-state index is -0.978. The van der Waals surface area contributed by atoms with Crippen LogP contribution in [0.5, 0.6) is 0 Å². The lowest BCUT2D eigenvalue weighted by molar-refractivity contribution is -0.131. The summed E-state index contributed by atoms with van der Waals surface area (Å²) in [7, 11) is 2.63. The second-order valence-corrected chi connectivity index (χ2v) is 16.3. The number of nitrogens with zero attached hydrogens (tertiary/aromatic N) is 3. The Hall–Kier alpha value is -3.69. The summed E-state index contributed by atoms with van der Waals surface area (Å²) in [5.74, 6) is 0.586. The average molecular weight is 746 g/mol. The van der Waals surface area contributed by atoms with Crippen LogP contribution in [0.4, 0.5) is 4.79 Å². The molecule has 51 heavy (non-hydrogen) atoms. The van der Waals surface area contributed by atoms with Gasteiger partial charge in [-0.1, -0.05) is 121 Å². The Morgan fingerprint density at radius 2 is 1.49 bits per heavy atom. The molecule has 3 amide bonds. The second kappa shape index (κ2) is 15.9. The highest BCUT2D eigenvalue weighted by Crippen LogP contribution is 2.47. The summed E-state index contributed by atoms with van der Waals surface area (Å²) < 4.78 is 13.2. The van der Waals surface area contributed by atoms with Crippen molar-refractivity contribution in [3.8, 4) is 0 Å². The van der Waals surface area contributed by atoms with Crippen LogP contribution in [0.15, 0.2) is 103 Å². The molecule has 0 aliphatic carbocycles. The van der Waals surface area contributed by atoms with Gasteiger partial charge in [-0.05, 0) is 72.3 Å². The average Bonchev–Trinajstić information content (AvgIpc) is 3.43. The summed E-state index contributed by atoms with van der Waals surface area (Å²) in [4.78, 5) is 33.7. The zero-order chi connectivity index (χ0) is 36.2. The van der Waals surface area contributed by atoms with Gasteiger partial charge in [-0.25, -0.2) is 4.79 Å². The fourth-order valence-corrected chi connectivity index (χ4v) is 10.0. The standard InChI is InChI=1S/C41H46Cl2N4O3S/c1-4-37(48)45(2)29-40(33-19-20-35(42)36(43)27-33,21-24-47-25-22-41(23-26-47)34-18-12-11-17-32(34)28-51(41)50)46(3)39(49)44-38(30-13-7-5-8-14-30)31-15-9-6-10-16-31/h5-20,27,38H,4,21-26,28-29H2,1-3H3,(H,44,49). The van der Waals surface area contributed by atoms with Crippen molar-refractivity contribution in [2.24, 2.45) is 0 Å². The SMILES string of the molecule is CCC(=O)N(C)CC(CCN1CCC2(CC1)c1ccccc1CS2=O)(c1ccc(Cl)c(Cl)c1)N(C)C(=O)NC(c1ccccc1)c1ccccc1. The molecule has 0 bridgehead atoms. The number of hydrogen-bond donors (Lipinski definition) is 1. The maximum atomic E-state index is 14.7. The lowest BCUT2D eigenvalue weighted by atomic mass is 9.83. The van der Waals surface area contributed by atoms with Crippen LogP contribution in [-0.4, -0.2) is 71.1 Å². The largest absolute Gasteiger partial charge is 0.343 e. The summed E-state index contributed by atoms with van der Waals surface area (Å²) in [6.45, 7) is 4.30. The summed E-state index contributed by atoms with van der Waals surface area (Å²) in [5.41, 5.74) is 4.15. The van der Waals surface area contributed by atoms with Crippen LogP contribution < -0.4 is 5.32 Å². The van der Waals surface area contributed by atoms with E-state index in [2.05, 4.69) is 28.4 Å². The van der Waals surface area contributed by atoms with Crippen molar-refractivity contribution in [1.29, 1.82) is 0 Å². The maximum absolute atomic E-state index is 14.7. The van der Waals surface area contributed by atoms with Crippen LogP contribution in [0.25, 0.3) is 0 Å². The Morgan fingerprint density at radius 3 is 2.10 bits per heavy atom. The molecule has 1 saturated heterocycles. The highest BCUT2D eigenvalue weighted by atomic mass is 35.5. The number of nitrogens with one attached hydrogen (secondary N) is 1. The monoisotopic (exact) mass is 744 g/mol. The molecular formula is C41H46Cl2N4O3S. The van der Waals surface area contributed by atoms with Gasteiger partial charge in [0.1, 0.15) is 0 Å². The molecule has 268 valence electrons. The van der Waals surface area contributed by atoms with Crippen molar-refractivity contribution in [2.75, 3.05) is 40.3 Å². The quantitative estimate of drug-likeness (QED) is 0.168.